The van der Waals surface area contributed by atoms with Gasteiger partial charge in [-0.25, -0.2) is 0 Å². The number of thioether (sulfide) groups is 2. The number of rotatable bonds is 55. The summed E-state index contributed by atoms with van der Waals surface area (Å²) in [5.41, 5.74) is 0. The molecule has 0 spiro atoms. The summed E-state index contributed by atoms with van der Waals surface area (Å²) in [5.74, 6) is -0.555. The van der Waals surface area contributed by atoms with Crippen LogP contribution in [0.3, 0.4) is 0 Å². The SMILES string of the molecule is CCCCCCCCCCC(O)CN(CCCC(=O)SCC1NC(=O)C(CSC(=O)CCN(CC(O)CCCCCCCCCC)CC(O)CCCCCCCCCC)NC1=O)CC(O)CCCCCCCCCC. The normalized spacial score (nSPS) is 16.6. The highest BCUT2D eigenvalue weighted by molar-refractivity contribution is 8.13. The number of aliphatic hydroxyl groups excluding tert-OH is 4. The van der Waals surface area contributed by atoms with Gasteiger partial charge in [0.05, 0.1) is 24.4 Å². The minimum atomic E-state index is -0.871. The summed E-state index contributed by atoms with van der Waals surface area (Å²) in [6.07, 6.45) is 40.4. The van der Waals surface area contributed by atoms with Crippen molar-refractivity contribution in [3.8, 4) is 0 Å². The van der Waals surface area contributed by atoms with Crippen LogP contribution in [0.2, 0.25) is 0 Å². The molecule has 1 aliphatic heterocycles. The standard InChI is InChI=1S/C61H118N4O8S2/c1-5-9-13-17-21-25-29-33-38-52(66)46-64(47-53(67)39-34-30-26-22-18-14-10-6-2)44-37-42-58(70)74-50-56-60(72)63-57(61(73)62-56)51-75-59(71)43-45-65(48-54(68)40-35-31-27-23-19-15-11-7-3)49-55(69)41-36-32-28-24-20-16-12-8-4/h52-57,66-69H,5-51H2,1-4H3,(H,62,73)(H,63,72). The largest absolute Gasteiger partial charge is 0.392 e. The first-order valence-electron chi connectivity index (χ1n) is 31.5. The lowest BCUT2D eigenvalue weighted by Crippen LogP contribution is -2.63. The van der Waals surface area contributed by atoms with Crippen molar-refractivity contribution in [2.24, 2.45) is 0 Å². The van der Waals surface area contributed by atoms with Crippen LogP contribution in [0.4, 0.5) is 0 Å². The minimum Gasteiger partial charge on any atom is -0.392 e. The highest BCUT2D eigenvalue weighted by atomic mass is 32.2. The van der Waals surface area contributed by atoms with Gasteiger partial charge in [0, 0.05) is 57.1 Å². The van der Waals surface area contributed by atoms with Gasteiger partial charge in [0.15, 0.2) is 10.2 Å². The maximum Gasteiger partial charge on any atom is 0.244 e. The summed E-state index contributed by atoms with van der Waals surface area (Å²) in [6, 6.07) is -1.73. The zero-order chi connectivity index (χ0) is 55.0. The van der Waals surface area contributed by atoms with Crippen LogP contribution in [0.1, 0.15) is 278 Å². The first-order chi connectivity index (χ1) is 36.4. The molecular formula is C61H118N4O8S2. The smallest absolute Gasteiger partial charge is 0.244 e. The Hall–Kier alpha value is -1.26. The van der Waals surface area contributed by atoms with E-state index in [2.05, 4.69) is 43.2 Å². The summed E-state index contributed by atoms with van der Waals surface area (Å²) in [4.78, 5) is 56.7. The van der Waals surface area contributed by atoms with Gasteiger partial charge in [0.2, 0.25) is 11.8 Å². The van der Waals surface area contributed by atoms with Gasteiger partial charge in [-0.1, -0.05) is 257 Å². The van der Waals surface area contributed by atoms with Crippen molar-refractivity contribution in [3.63, 3.8) is 0 Å². The van der Waals surface area contributed by atoms with Crippen molar-refractivity contribution < 1.29 is 39.6 Å². The number of hydrogen-bond donors (Lipinski definition) is 6. The van der Waals surface area contributed by atoms with Crippen molar-refractivity contribution in [1.29, 1.82) is 0 Å². The fourth-order valence-electron chi connectivity index (χ4n) is 10.2. The zero-order valence-corrected chi connectivity index (χ0v) is 50.5. The van der Waals surface area contributed by atoms with Crippen molar-refractivity contribution in [3.05, 3.63) is 0 Å². The van der Waals surface area contributed by atoms with Crippen LogP contribution in [-0.2, 0) is 19.2 Å². The summed E-state index contributed by atoms with van der Waals surface area (Å²) >= 11 is 2.05. The lowest BCUT2D eigenvalue weighted by atomic mass is 10.0. The van der Waals surface area contributed by atoms with Crippen LogP contribution >= 0.6 is 23.5 Å². The number of carbonyl (C=O) groups is 4. The topological polar surface area (TPSA) is 180 Å². The highest BCUT2D eigenvalue weighted by Crippen LogP contribution is 2.19. The van der Waals surface area contributed by atoms with E-state index >= 15 is 0 Å². The molecule has 12 nitrogen and oxygen atoms in total. The Bertz CT molecular complexity index is 1310. The lowest BCUT2D eigenvalue weighted by Gasteiger charge is -2.29. The van der Waals surface area contributed by atoms with Gasteiger partial charge in [0.1, 0.15) is 12.1 Å². The third-order valence-corrected chi connectivity index (χ3v) is 17.1. The maximum absolute atomic E-state index is 13.2. The molecule has 442 valence electrons. The molecule has 75 heavy (non-hydrogen) atoms. The molecule has 1 saturated heterocycles. The molecule has 0 aromatic heterocycles. The predicted molar refractivity (Wildman–Crippen MR) is 318 cm³/mol. The highest BCUT2D eigenvalue weighted by Gasteiger charge is 2.34. The first kappa shape index (κ1) is 71.8. The molecule has 0 aliphatic carbocycles. The Kier molecular flexibility index (Phi) is 48.7. The molecular weight excluding hydrogens is 981 g/mol. The Morgan fingerprint density at radius 2 is 0.640 bits per heavy atom. The summed E-state index contributed by atoms with van der Waals surface area (Å²) < 4.78 is 0. The van der Waals surface area contributed by atoms with Crippen LogP contribution in [0, 0.1) is 0 Å². The number of hydrogen-bond acceptors (Lipinski definition) is 12. The summed E-state index contributed by atoms with van der Waals surface area (Å²) in [7, 11) is 0. The molecule has 0 bridgehead atoms. The molecule has 6 atom stereocenters. The van der Waals surface area contributed by atoms with Gasteiger partial charge in [-0.2, -0.15) is 0 Å². The molecule has 0 radical (unpaired) electrons. The third-order valence-electron chi connectivity index (χ3n) is 15.0. The van der Waals surface area contributed by atoms with E-state index in [0.29, 0.717) is 58.5 Å². The number of carbonyl (C=O) groups excluding carboxylic acids is 4. The van der Waals surface area contributed by atoms with Crippen LogP contribution in [-0.4, -0.2) is 140 Å². The van der Waals surface area contributed by atoms with Crippen molar-refractivity contribution in [1.82, 2.24) is 20.4 Å². The average Bonchev–Trinajstić information content (AvgIpc) is 3.38. The molecule has 0 aromatic rings. The number of unbranched alkanes of at least 4 members (excludes halogenated alkanes) is 28. The van der Waals surface area contributed by atoms with Gasteiger partial charge in [0.25, 0.3) is 0 Å². The maximum atomic E-state index is 13.2. The van der Waals surface area contributed by atoms with Crippen LogP contribution < -0.4 is 10.6 Å². The van der Waals surface area contributed by atoms with Crippen LogP contribution in [0.25, 0.3) is 0 Å². The van der Waals surface area contributed by atoms with E-state index in [9.17, 15) is 39.6 Å². The zero-order valence-electron chi connectivity index (χ0n) is 48.8. The quantitative estimate of drug-likeness (QED) is 0.0318. The molecule has 6 unspecified atom stereocenters. The van der Waals surface area contributed by atoms with Gasteiger partial charge in [-0.3, -0.25) is 29.0 Å². The number of aliphatic hydroxyl groups is 4. The molecule has 1 rings (SSSR count). The summed E-state index contributed by atoms with van der Waals surface area (Å²) in [5, 5.41) is 49.4. The van der Waals surface area contributed by atoms with E-state index in [4.69, 9.17) is 0 Å². The van der Waals surface area contributed by atoms with Crippen LogP contribution in [0.15, 0.2) is 0 Å². The molecule has 2 amide bonds. The van der Waals surface area contributed by atoms with E-state index in [0.717, 1.165) is 87.7 Å². The first-order valence-corrected chi connectivity index (χ1v) is 33.5. The Morgan fingerprint density at radius 1 is 0.387 bits per heavy atom. The second-order valence-corrected chi connectivity index (χ2v) is 24.7. The van der Waals surface area contributed by atoms with Crippen LogP contribution in [0.5, 0.6) is 0 Å². The van der Waals surface area contributed by atoms with E-state index in [1.54, 1.807) is 0 Å². The number of piperazine rings is 1. The van der Waals surface area contributed by atoms with Crippen molar-refractivity contribution in [2.75, 3.05) is 50.8 Å². The molecule has 14 heteroatoms. The van der Waals surface area contributed by atoms with Crippen molar-refractivity contribution >= 4 is 45.6 Å². The molecule has 0 aromatic carbocycles. The third kappa shape index (κ3) is 43.2. The van der Waals surface area contributed by atoms with Gasteiger partial charge >= 0.3 is 0 Å². The Balaban J connectivity index is 2.60. The fraction of sp³-hybridized carbons (Fsp3) is 0.934. The van der Waals surface area contributed by atoms with Gasteiger partial charge < -0.3 is 31.1 Å². The molecule has 1 fully saturated rings. The fourth-order valence-corrected chi connectivity index (χ4v) is 11.9. The average molecular weight is 1100 g/mol. The molecule has 1 heterocycles. The summed E-state index contributed by atoms with van der Waals surface area (Å²) in [6.45, 7) is 11.6. The second-order valence-electron chi connectivity index (χ2n) is 22.5. The lowest BCUT2D eigenvalue weighted by molar-refractivity contribution is -0.135. The molecule has 0 saturated carbocycles. The minimum absolute atomic E-state index is 0.0744. The Morgan fingerprint density at radius 3 is 0.933 bits per heavy atom. The van der Waals surface area contributed by atoms with Crippen molar-refractivity contribution in [2.45, 2.75) is 315 Å². The number of nitrogens with zero attached hydrogens (tertiary/aromatic N) is 2. The Labute approximate surface area is 468 Å². The van der Waals surface area contributed by atoms with Gasteiger partial charge in [-0.05, 0) is 38.6 Å². The van der Waals surface area contributed by atoms with E-state index in [1.807, 2.05) is 4.90 Å². The second kappa shape index (κ2) is 50.9. The van der Waals surface area contributed by atoms with E-state index in [1.165, 1.54) is 154 Å². The number of amides is 2. The predicted octanol–water partition coefficient (Wildman–Crippen LogP) is 12.8. The van der Waals surface area contributed by atoms with E-state index in [-0.39, 0.29) is 46.4 Å². The number of nitrogens with one attached hydrogen (secondary N) is 2. The monoisotopic (exact) mass is 1100 g/mol. The molecule has 1 aliphatic rings. The van der Waals surface area contributed by atoms with Gasteiger partial charge in [-0.15, -0.1) is 0 Å². The molecule has 6 N–H and O–H groups in total. The van der Waals surface area contributed by atoms with E-state index < -0.39 is 36.5 Å².